The Bertz CT molecular complexity index is 1340. The molecule has 0 atom stereocenters. The number of methoxy groups -OCH3 is 1. The second kappa shape index (κ2) is 11.9. The molecule has 3 aromatic rings. The highest BCUT2D eigenvalue weighted by Crippen LogP contribution is 2.36. The summed E-state index contributed by atoms with van der Waals surface area (Å²) in [6, 6.07) is 11.8. The number of rotatable bonds is 9. The van der Waals surface area contributed by atoms with Gasteiger partial charge >= 0.3 is 11.9 Å². The highest BCUT2D eigenvalue weighted by molar-refractivity contribution is 5.98. The van der Waals surface area contributed by atoms with Crippen molar-refractivity contribution in [2.75, 3.05) is 13.9 Å². The number of carbonyl (C=O) groups excluding carboxylic acids is 2. The van der Waals surface area contributed by atoms with Gasteiger partial charge in [-0.2, -0.15) is 0 Å². The van der Waals surface area contributed by atoms with Crippen molar-refractivity contribution in [3.8, 4) is 11.5 Å². The number of benzene rings is 3. The van der Waals surface area contributed by atoms with Gasteiger partial charge in [0.1, 0.15) is 18.1 Å². The lowest BCUT2D eigenvalue weighted by atomic mass is 9.92. The van der Waals surface area contributed by atoms with E-state index in [1.54, 1.807) is 19.9 Å². The third kappa shape index (κ3) is 5.75. The second-order valence-electron chi connectivity index (χ2n) is 9.02. The zero-order valence-corrected chi connectivity index (χ0v) is 22.6. The molecule has 0 fully saturated rings. The van der Waals surface area contributed by atoms with Crippen LogP contribution in [-0.4, -0.2) is 25.8 Å². The molecule has 37 heavy (non-hydrogen) atoms. The van der Waals surface area contributed by atoms with Crippen LogP contribution in [0.1, 0.15) is 65.2 Å². The van der Waals surface area contributed by atoms with Crippen LogP contribution in [0.3, 0.4) is 0 Å². The van der Waals surface area contributed by atoms with Crippen LogP contribution in [-0.2, 0) is 16.1 Å². The predicted octanol–water partition coefficient (Wildman–Crippen LogP) is 6.74. The van der Waals surface area contributed by atoms with Gasteiger partial charge in [0.15, 0.2) is 6.79 Å². The molecule has 0 aromatic heterocycles. The van der Waals surface area contributed by atoms with Gasteiger partial charge in [-0.15, -0.1) is 0 Å². The smallest absolute Gasteiger partial charge is 0.344 e. The van der Waals surface area contributed by atoms with Crippen LogP contribution in [0, 0.1) is 41.5 Å². The van der Waals surface area contributed by atoms with Gasteiger partial charge in [-0.1, -0.05) is 43.0 Å². The second-order valence-corrected chi connectivity index (χ2v) is 9.02. The summed E-state index contributed by atoms with van der Waals surface area (Å²) in [7, 11) is 1.45. The van der Waals surface area contributed by atoms with Crippen molar-refractivity contribution in [1.82, 2.24) is 0 Å². The van der Waals surface area contributed by atoms with Crippen LogP contribution >= 0.6 is 0 Å². The molecule has 0 bridgehead atoms. The van der Waals surface area contributed by atoms with E-state index in [-0.39, 0.29) is 6.79 Å². The Hall–Kier alpha value is -3.90. The minimum absolute atomic E-state index is 0.160. The van der Waals surface area contributed by atoms with Gasteiger partial charge < -0.3 is 18.9 Å². The molecule has 0 saturated carbocycles. The maximum absolute atomic E-state index is 13.5. The first-order valence-corrected chi connectivity index (χ1v) is 12.0. The Kier molecular flexibility index (Phi) is 8.90. The monoisotopic (exact) mass is 502 g/mol. The Labute approximate surface area is 218 Å². The SMILES string of the molecule is C=Cc1c(C)c(OC(=O)c2c(C)cc(OCc3ccccc3)c(C)c2C)c(C)c(C)c1C(=O)OCOC. The molecule has 0 aliphatic heterocycles. The fraction of sp³-hybridized carbons (Fsp3) is 0.290. The molecule has 3 rings (SSSR count). The normalized spacial score (nSPS) is 10.7. The molecule has 0 radical (unpaired) electrons. The van der Waals surface area contributed by atoms with Crippen molar-refractivity contribution in [1.29, 1.82) is 0 Å². The summed E-state index contributed by atoms with van der Waals surface area (Å²) in [5, 5.41) is 0. The number of hydrogen-bond donors (Lipinski definition) is 0. The molecule has 194 valence electrons. The zero-order valence-electron chi connectivity index (χ0n) is 22.6. The van der Waals surface area contributed by atoms with E-state index >= 15 is 0 Å². The van der Waals surface area contributed by atoms with Gasteiger partial charge in [0.05, 0.1) is 11.1 Å². The Morgan fingerprint density at radius 1 is 0.838 bits per heavy atom. The van der Waals surface area contributed by atoms with E-state index in [9.17, 15) is 9.59 Å². The van der Waals surface area contributed by atoms with Crippen molar-refractivity contribution < 1.29 is 28.5 Å². The van der Waals surface area contributed by atoms with E-state index in [0.29, 0.717) is 45.7 Å². The summed E-state index contributed by atoms with van der Waals surface area (Å²) in [5.74, 6) is 0.141. The van der Waals surface area contributed by atoms with Crippen LogP contribution in [0.5, 0.6) is 11.5 Å². The summed E-state index contributed by atoms with van der Waals surface area (Å²) in [5.41, 5.74) is 6.88. The average molecular weight is 503 g/mol. The van der Waals surface area contributed by atoms with E-state index in [0.717, 1.165) is 28.0 Å². The lowest BCUT2D eigenvalue weighted by Gasteiger charge is -2.21. The van der Waals surface area contributed by atoms with E-state index in [1.165, 1.54) is 7.11 Å². The molecule has 0 saturated heterocycles. The third-order valence-corrected chi connectivity index (χ3v) is 6.69. The molecular formula is C31H34O6. The first kappa shape index (κ1) is 27.7. The van der Waals surface area contributed by atoms with Crippen molar-refractivity contribution in [2.45, 2.75) is 48.1 Å². The van der Waals surface area contributed by atoms with Crippen molar-refractivity contribution in [2.24, 2.45) is 0 Å². The van der Waals surface area contributed by atoms with E-state index in [2.05, 4.69) is 6.58 Å². The largest absolute Gasteiger partial charge is 0.489 e. The molecule has 6 heteroatoms. The van der Waals surface area contributed by atoms with Gasteiger partial charge in [-0.3, -0.25) is 0 Å². The molecule has 0 amide bonds. The lowest BCUT2D eigenvalue weighted by molar-refractivity contribution is -0.0126. The highest BCUT2D eigenvalue weighted by Gasteiger charge is 2.26. The Morgan fingerprint density at radius 3 is 2.11 bits per heavy atom. The van der Waals surface area contributed by atoms with Gasteiger partial charge in [0.2, 0.25) is 0 Å². The fourth-order valence-corrected chi connectivity index (χ4v) is 4.39. The summed E-state index contributed by atoms with van der Waals surface area (Å²) < 4.78 is 22.1. The van der Waals surface area contributed by atoms with E-state index < -0.39 is 11.9 Å². The van der Waals surface area contributed by atoms with Crippen LogP contribution in [0.2, 0.25) is 0 Å². The molecule has 3 aromatic carbocycles. The molecule has 6 nitrogen and oxygen atoms in total. The maximum atomic E-state index is 13.5. The van der Waals surface area contributed by atoms with Gasteiger partial charge in [0.25, 0.3) is 0 Å². The van der Waals surface area contributed by atoms with Crippen LogP contribution < -0.4 is 9.47 Å². The number of aryl methyl sites for hydroxylation is 1. The molecular weight excluding hydrogens is 468 g/mol. The van der Waals surface area contributed by atoms with Crippen molar-refractivity contribution in [3.63, 3.8) is 0 Å². The molecule has 0 aliphatic rings. The number of ether oxygens (including phenoxy) is 4. The van der Waals surface area contributed by atoms with Gasteiger partial charge in [-0.25, -0.2) is 9.59 Å². The van der Waals surface area contributed by atoms with Gasteiger partial charge in [-0.05, 0) is 86.6 Å². The standard InChI is InChI=1S/C31H34O6/c1-9-25-23(7)29(22(6)21(5)28(25)30(32)36-17-34-8)37-31(33)27-18(2)15-26(19(3)20(27)4)35-16-24-13-11-10-12-14-24/h9-15H,1,16-17H2,2-8H3. The minimum atomic E-state index is -0.522. The minimum Gasteiger partial charge on any atom is -0.489 e. The lowest BCUT2D eigenvalue weighted by Crippen LogP contribution is -2.18. The molecule has 0 aliphatic carbocycles. The van der Waals surface area contributed by atoms with E-state index in [1.807, 2.05) is 64.1 Å². The topological polar surface area (TPSA) is 71.1 Å². The van der Waals surface area contributed by atoms with Crippen LogP contribution in [0.25, 0.3) is 6.08 Å². The van der Waals surface area contributed by atoms with Crippen LogP contribution in [0.15, 0.2) is 43.0 Å². The first-order chi connectivity index (χ1) is 17.6. The predicted molar refractivity (Wildman–Crippen MR) is 144 cm³/mol. The summed E-state index contributed by atoms with van der Waals surface area (Å²) in [6.07, 6.45) is 1.57. The van der Waals surface area contributed by atoms with Crippen LogP contribution in [0.4, 0.5) is 0 Å². The summed E-state index contributed by atoms with van der Waals surface area (Å²) >= 11 is 0. The summed E-state index contributed by atoms with van der Waals surface area (Å²) in [6.45, 7) is 15.2. The third-order valence-electron chi connectivity index (χ3n) is 6.69. The number of hydrogen-bond acceptors (Lipinski definition) is 6. The molecule has 0 N–H and O–H groups in total. The number of carbonyl (C=O) groups is 2. The quantitative estimate of drug-likeness (QED) is 0.183. The molecule has 0 heterocycles. The van der Waals surface area contributed by atoms with Crippen molar-refractivity contribution >= 4 is 18.0 Å². The maximum Gasteiger partial charge on any atom is 0.344 e. The fourth-order valence-electron chi connectivity index (χ4n) is 4.39. The summed E-state index contributed by atoms with van der Waals surface area (Å²) in [4.78, 5) is 26.2. The highest BCUT2D eigenvalue weighted by atomic mass is 16.7. The zero-order chi connectivity index (χ0) is 27.3. The number of esters is 2. The van der Waals surface area contributed by atoms with E-state index in [4.69, 9.17) is 18.9 Å². The first-order valence-electron chi connectivity index (χ1n) is 12.0. The van der Waals surface area contributed by atoms with Gasteiger partial charge in [0, 0.05) is 12.7 Å². The Morgan fingerprint density at radius 2 is 1.49 bits per heavy atom. The molecule has 0 unspecified atom stereocenters. The Balaban J connectivity index is 1.95. The molecule has 0 spiro atoms. The average Bonchev–Trinajstić information content (AvgIpc) is 2.89. The van der Waals surface area contributed by atoms with Crippen molar-refractivity contribution in [3.05, 3.63) is 98.6 Å².